The fraction of sp³-hybridized carbons (Fsp3) is 0.458. The Balaban J connectivity index is 2.27. The van der Waals surface area contributed by atoms with Crippen LogP contribution in [0.15, 0.2) is 41.3 Å². The Bertz CT molecular complexity index is 1030. The number of hydrogen-bond donors (Lipinski definition) is 1. The largest absolute Gasteiger partial charge is 0.493 e. The number of amides is 1. The molecule has 32 heavy (non-hydrogen) atoms. The van der Waals surface area contributed by atoms with Gasteiger partial charge in [0.25, 0.3) is 5.91 Å². The molecule has 2 aromatic carbocycles. The predicted octanol–water partition coefficient (Wildman–Crippen LogP) is 4.31. The second-order valence-electron chi connectivity index (χ2n) is 7.52. The summed E-state index contributed by atoms with van der Waals surface area (Å²) in [6.45, 7) is 10.6. The van der Waals surface area contributed by atoms with Crippen molar-refractivity contribution in [1.29, 1.82) is 0 Å². The molecule has 0 saturated heterocycles. The lowest BCUT2D eigenvalue weighted by Crippen LogP contribution is -2.31. The summed E-state index contributed by atoms with van der Waals surface area (Å²) in [7, 11) is -2.08. The van der Waals surface area contributed by atoms with Crippen molar-refractivity contribution in [2.24, 2.45) is 0 Å². The lowest BCUT2D eigenvalue weighted by Gasteiger charge is -2.20. The van der Waals surface area contributed by atoms with Crippen LogP contribution in [0.1, 0.15) is 61.6 Å². The lowest BCUT2D eigenvalue weighted by molar-refractivity contribution is 0.0939. The van der Waals surface area contributed by atoms with Crippen LogP contribution in [0.25, 0.3) is 0 Å². The van der Waals surface area contributed by atoms with Gasteiger partial charge in [-0.1, -0.05) is 32.9 Å². The number of nitrogens with one attached hydrogen (secondary N) is 1. The highest BCUT2D eigenvalue weighted by Gasteiger charge is 2.24. The average molecular weight is 463 g/mol. The molecule has 0 heterocycles. The molecule has 7 nitrogen and oxygen atoms in total. The van der Waals surface area contributed by atoms with E-state index in [9.17, 15) is 13.2 Å². The third-order valence-corrected chi connectivity index (χ3v) is 7.34. The van der Waals surface area contributed by atoms with Gasteiger partial charge in [-0.3, -0.25) is 4.79 Å². The Labute approximate surface area is 191 Å². The summed E-state index contributed by atoms with van der Waals surface area (Å²) in [5.74, 6) is 0.916. The Morgan fingerprint density at radius 2 is 1.75 bits per heavy atom. The van der Waals surface area contributed by atoms with Gasteiger partial charge in [-0.25, -0.2) is 8.42 Å². The summed E-state index contributed by atoms with van der Waals surface area (Å²) in [5.41, 5.74) is 1.89. The van der Waals surface area contributed by atoms with Crippen molar-refractivity contribution >= 4 is 15.9 Å². The van der Waals surface area contributed by atoms with Crippen LogP contribution in [-0.4, -0.2) is 45.4 Å². The maximum Gasteiger partial charge on any atom is 0.252 e. The topological polar surface area (TPSA) is 84.9 Å². The third-order valence-electron chi connectivity index (χ3n) is 5.29. The summed E-state index contributed by atoms with van der Waals surface area (Å²) < 4.78 is 38.2. The molecule has 1 N–H and O–H groups in total. The zero-order valence-electron chi connectivity index (χ0n) is 19.8. The van der Waals surface area contributed by atoms with E-state index < -0.39 is 10.0 Å². The Morgan fingerprint density at radius 3 is 2.34 bits per heavy atom. The number of hydrogen-bond acceptors (Lipinski definition) is 5. The molecule has 0 spiro atoms. The van der Waals surface area contributed by atoms with Gasteiger partial charge < -0.3 is 14.8 Å². The van der Waals surface area contributed by atoms with Gasteiger partial charge in [0, 0.05) is 18.7 Å². The molecule has 8 heteroatoms. The molecule has 2 rings (SSSR count). The summed E-state index contributed by atoms with van der Waals surface area (Å²) in [5, 5.41) is 2.96. The Morgan fingerprint density at radius 1 is 1.06 bits per heavy atom. The highest BCUT2D eigenvalue weighted by atomic mass is 32.2. The molecule has 0 saturated carbocycles. The van der Waals surface area contributed by atoms with E-state index in [0.29, 0.717) is 42.3 Å². The number of rotatable bonds is 11. The monoisotopic (exact) mass is 462 g/mol. The number of nitrogens with zero attached hydrogens (tertiary/aromatic N) is 1. The predicted molar refractivity (Wildman–Crippen MR) is 126 cm³/mol. The van der Waals surface area contributed by atoms with Gasteiger partial charge >= 0.3 is 0 Å². The van der Waals surface area contributed by atoms with Gasteiger partial charge in [0.15, 0.2) is 11.5 Å². The van der Waals surface area contributed by atoms with E-state index in [0.717, 1.165) is 12.0 Å². The van der Waals surface area contributed by atoms with E-state index in [-0.39, 0.29) is 16.8 Å². The second kappa shape index (κ2) is 11.3. The fourth-order valence-electron chi connectivity index (χ4n) is 3.36. The first kappa shape index (κ1) is 25.7. The van der Waals surface area contributed by atoms with Crippen LogP contribution in [0, 0.1) is 6.92 Å². The molecule has 0 radical (unpaired) electrons. The van der Waals surface area contributed by atoms with Crippen LogP contribution >= 0.6 is 0 Å². The standard InChI is InChI=1S/C24H34N2O5S/c1-7-14-31-22-13-11-19(15-23(22)30-6)18(5)25-24(27)21-16-20(12-10-17(21)4)32(28,29)26(8-2)9-3/h10-13,15-16,18H,7-9,14H2,1-6H3,(H,25,27). The van der Waals surface area contributed by atoms with Crippen LogP contribution in [0.4, 0.5) is 0 Å². The second-order valence-corrected chi connectivity index (χ2v) is 9.46. The molecule has 0 fully saturated rings. The molecule has 2 aromatic rings. The van der Waals surface area contributed by atoms with Crippen molar-refractivity contribution in [3.63, 3.8) is 0 Å². The first-order valence-corrected chi connectivity index (χ1v) is 12.4. The number of methoxy groups -OCH3 is 1. The maximum atomic E-state index is 13.0. The van der Waals surface area contributed by atoms with Crippen LogP contribution in [0.2, 0.25) is 0 Å². The molecule has 0 aromatic heterocycles. The van der Waals surface area contributed by atoms with Crippen LogP contribution in [0.5, 0.6) is 11.5 Å². The molecule has 0 bridgehead atoms. The number of sulfonamides is 1. The van der Waals surface area contributed by atoms with Crippen molar-refractivity contribution in [3.8, 4) is 11.5 Å². The summed E-state index contributed by atoms with van der Waals surface area (Å²) in [6.07, 6.45) is 0.889. The highest BCUT2D eigenvalue weighted by molar-refractivity contribution is 7.89. The smallest absolute Gasteiger partial charge is 0.252 e. The van der Waals surface area contributed by atoms with E-state index in [1.54, 1.807) is 40.0 Å². The van der Waals surface area contributed by atoms with Gasteiger partial charge in [-0.2, -0.15) is 4.31 Å². The fourth-order valence-corrected chi connectivity index (χ4v) is 4.85. The molecule has 0 aliphatic carbocycles. The summed E-state index contributed by atoms with van der Waals surface area (Å²) >= 11 is 0. The summed E-state index contributed by atoms with van der Waals surface area (Å²) in [4.78, 5) is 13.1. The molecule has 0 aliphatic rings. The minimum atomic E-state index is -3.65. The molecule has 176 valence electrons. The number of carbonyl (C=O) groups excluding carboxylic acids is 1. The van der Waals surface area contributed by atoms with Crippen LogP contribution < -0.4 is 14.8 Å². The molecule has 0 aliphatic heterocycles. The van der Waals surface area contributed by atoms with Crippen molar-refractivity contribution in [3.05, 3.63) is 53.1 Å². The molecule has 1 atom stereocenters. The average Bonchev–Trinajstić information content (AvgIpc) is 2.78. The van der Waals surface area contributed by atoms with E-state index >= 15 is 0 Å². The van der Waals surface area contributed by atoms with Gasteiger partial charge in [-0.15, -0.1) is 0 Å². The SMILES string of the molecule is CCCOc1ccc(C(C)NC(=O)c2cc(S(=O)(=O)N(CC)CC)ccc2C)cc1OC. The molecular formula is C24H34N2O5S. The van der Waals surface area contributed by atoms with Gasteiger partial charge in [0.2, 0.25) is 10.0 Å². The van der Waals surface area contributed by atoms with Gasteiger partial charge in [-0.05, 0) is 55.7 Å². The van der Waals surface area contributed by atoms with E-state index in [1.165, 1.54) is 10.4 Å². The first-order chi connectivity index (χ1) is 15.2. The number of ether oxygens (including phenoxy) is 2. The number of benzene rings is 2. The van der Waals surface area contributed by atoms with Crippen LogP contribution in [0.3, 0.4) is 0 Å². The Kier molecular flexibility index (Phi) is 9.09. The van der Waals surface area contributed by atoms with Crippen molar-refractivity contribution in [2.75, 3.05) is 26.8 Å². The normalized spacial score (nSPS) is 12.5. The molecule has 1 unspecified atom stereocenters. The zero-order chi connectivity index (χ0) is 23.9. The van der Waals surface area contributed by atoms with E-state index in [1.807, 2.05) is 32.0 Å². The highest BCUT2D eigenvalue weighted by Crippen LogP contribution is 2.30. The minimum absolute atomic E-state index is 0.115. The molecule has 1 amide bonds. The van der Waals surface area contributed by atoms with Gasteiger partial charge in [0.1, 0.15) is 0 Å². The Hall–Kier alpha value is -2.58. The van der Waals surface area contributed by atoms with Crippen LogP contribution in [-0.2, 0) is 10.0 Å². The van der Waals surface area contributed by atoms with Crippen molar-refractivity contribution in [1.82, 2.24) is 9.62 Å². The van der Waals surface area contributed by atoms with E-state index in [4.69, 9.17) is 9.47 Å². The lowest BCUT2D eigenvalue weighted by atomic mass is 10.1. The van der Waals surface area contributed by atoms with Crippen molar-refractivity contribution < 1.29 is 22.7 Å². The van der Waals surface area contributed by atoms with Gasteiger partial charge in [0.05, 0.1) is 24.7 Å². The minimum Gasteiger partial charge on any atom is -0.493 e. The quantitative estimate of drug-likeness (QED) is 0.538. The zero-order valence-corrected chi connectivity index (χ0v) is 20.6. The number of aryl methyl sites for hydroxylation is 1. The van der Waals surface area contributed by atoms with Crippen molar-refractivity contribution in [2.45, 2.75) is 52.0 Å². The maximum absolute atomic E-state index is 13.0. The molecular weight excluding hydrogens is 428 g/mol. The number of carbonyl (C=O) groups is 1. The third kappa shape index (κ3) is 5.81. The summed E-state index contributed by atoms with van der Waals surface area (Å²) in [6, 6.07) is 9.89. The first-order valence-electron chi connectivity index (χ1n) is 10.9. The van der Waals surface area contributed by atoms with E-state index in [2.05, 4.69) is 5.32 Å².